The van der Waals surface area contributed by atoms with Crippen molar-refractivity contribution in [3.8, 4) is 0 Å². The van der Waals surface area contributed by atoms with Crippen molar-refractivity contribution in [2.75, 3.05) is 13.1 Å². The minimum Gasteiger partial charge on any atom is -0.346 e. The Morgan fingerprint density at radius 3 is 2.64 bits per heavy atom. The molecule has 2 saturated carbocycles. The second-order valence-electron chi connectivity index (χ2n) is 8.56. The number of hydrogen-bond donors (Lipinski definition) is 1. The Morgan fingerprint density at radius 1 is 1.12 bits per heavy atom. The summed E-state index contributed by atoms with van der Waals surface area (Å²) in [5.74, 6) is 1.61. The molecule has 3 saturated heterocycles. The fourth-order valence-corrected chi connectivity index (χ4v) is 6.38. The van der Waals surface area contributed by atoms with Crippen molar-refractivity contribution in [2.45, 2.75) is 56.0 Å². The molecule has 130 valence electrons. The molecule has 3 aliphatic heterocycles. The number of amides is 1. The molecule has 0 radical (unpaired) electrons. The maximum Gasteiger partial charge on any atom is 0.261 e. The first-order valence-electron chi connectivity index (χ1n) is 9.82. The Balaban J connectivity index is 1.27. The van der Waals surface area contributed by atoms with Crippen LogP contribution >= 0.6 is 11.3 Å². The molecule has 1 aromatic carbocycles. The minimum atomic E-state index is 0.152. The average Bonchev–Trinajstić information content (AvgIpc) is 3.56. The summed E-state index contributed by atoms with van der Waals surface area (Å²) in [5.41, 5.74) is 1.77. The first kappa shape index (κ1) is 14.7. The van der Waals surface area contributed by atoms with E-state index < -0.39 is 0 Å². The third-order valence-corrected chi connectivity index (χ3v) is 8.18. The van der Waals surface area contributed by atoms with Crippen LogP contribution in [0.25, 0.3) is 10.1 Å². The molecule has 1 spiro atoms. The molecule has 2 aliphatic carbocycles. The maximum atomic E-state index is 13.0. The molecule has 1 N–H and O–H groups in total. The Labute approximate surface area is 152 Å². The van der Waals surface area contributed by atoms with E-state index in [2.05, 4.69) is 34.5 Å². The molecule has 25 heavy (non-hydrogen) atoms. The number of nitrogens with zero attached hydrogens (tertiary/aromatic N) is 1. The Hall–Kier alpha value is -1.39. The zero-order chi connectivity index (χ0) is 16.6. The Kier molecular flexibility index (Phi) is 2.99. The maximum absolute atomic E-state index is 13.0. The Bertz CT molecular complexity index is 856. The van der Waals surface area contributed by atoms with Gasteiger partial charge in [-0.2, -0.15) is 0 Å². The average molecular weight is 353 g/mol. The van der Waals surface area contributed by atoms with Crippen molar-refractivity contribution in [1.82, 2.24) is 10.2 Å². The number of hydrogen-bond acceptors (Lipinski definition) is 3. The second-order valence-corrected chi connectivity index (χ2v) is 9.65. The molecule has 4 heteroatoms. The van der Waals surface area contributed by atoms with E-state index in [0.29, 0.717) is 17.5 Å². The highest BCUT2D eigenvalue weighted by atomic mass is 32.1. The van der Waals surface area contributed by atoms with Crippen LogP contribution in [-0.4, -0.2) is 35.5 Å². The molecule has 2 bridgehead atoms. The van der Waals surface area contributed by atoms with Gasteiger partial charge in [0.1, 0.15) is 0 Å². The van der Waals surface area contributed by atoms with Gasteiger partial charge in [0.2, 0.25) is 0 Å². The van der Waals surface area contributed by atoms with E-state index >= 15 is 0 Å². The van der Waals surface area contributed by atoms with Crippen LogP contribution in [0.2, 0.25) is 0 Å². The van der Waals surface area contributed by atoms with E-state index in [1.807, 2.05) is 0 Å². The third kappa shape index (κ3) is 2.23. The monoisotopic (exact) mass is 352 g/mol. The van der Waals surface area contributed by atoms with E-state index in [-0.39, 0.29) is 5.91 Å². The highest BCUT2D eigenvalue weighted by molar-refractivity contribution is 7.20. The molecule has 2 aromatic rings. The highest BCUT2D eigenvalue weighted by Gasteiger charge is 2.60. The predicted molar refractivity (Wildman–Crippen MR) is 101 cm³/mol. The molecule has 5 fully saturated rings. The fraction of sp³-hybridized carbons (Fsp3) is 0.571. The van der Waals surface area contributed by atoms with Crippen molar-refractivity contribution in [3.05, 3.63) is 34.7 Å². The van der Waals surface area contributed by atoms with Crippen LogP contribution < -0.4 is 5.32 Å². The lowest BCUT2D eigenvalue weighted by Crippen LogP contribution is -2.65. The number of benzene rings is 1. The zero-order valence-corrected chi connectivity index (χ0v) is 15.3. The van der Waals surface area contributed by atoms with Gasteiger partial charge >= 0.3 is 0 Å². The summed E-state index contributed by atoms with van der Waals surface area (Å²) in [4.78, 5) is 16.5. The molecule has 1 amide bonds. The van der Waals surface area contributed by atoms with Gasteiger partial charge in [0.25, 0.3) is 5.91 Å². The van der Waals surface area contributed by atoms with Crippen molar-refractivity contribution >= 4 is 27.3 Å². The summed E-state index contributed by atoms with van der Waals surface area (Å²) in [6.07, 6.45) is 7.70. The van der Waals surface area contributed by atoms with Gasteiger partial charge in [-0.05, 0) is 86.5 Å². The molecule has 0 unspecified atom stereocenters. The van der Waals surface area contributed by atoms with Crippen LogP contribution in [0.1, 0.15) is 59.7 Å². The first-order valence-corrected chi connectivity index (χ1v) is 10.6. The van der Waals surface area contributed by atoms with Gasteiger partial charge in [0.15, 0.2) is 0 Å². The van der Waals surface area contributed by atoms with E-state index in [1.54, 1.807) is 11.3 Å². The van der Waals surface area contributed by atoms with E-state index in [0.717, 1.165) is 10.8 Å². The summed E-state index contributed by atoms with van der Waals surface area (Å²) < 4.78 is 1.27. The van der Waals surface area contributed by atoms with Gasteiger partial charge in [-0.1, -0.05) is 12.1 Å². The van der Waals surface area contributed by atoms with Gasteiger partial charge in [0.05, 0.1) is 10.9 Å². The smallest absolute Gasteiger partial charge is 0.261 e. The minimum absolute atomic E-state index is 0.152. The van der Waals surface area contributed by atoms with Crippen LogP contribution in [-0.2, 0) is 0 Å². The standard InChI is InChI=1S/C21H24N2OS/c24-20(22-19-14-5-9-23(10-6-14)21(19)7-8-21)18-12-16-4-3-15(13-1-2-13)11-17(16)25-18/h3-4,11-14,19H,1-2,5-10H2,(H,22,24)/t19-/m0/s1. The van der Waals surface area contributed by atoms with Gasteiger partial charge in [0, 0.05) is 10.2 Å². The van der Waals surface area contributed by atoms with Crippen LogP contribution in [0.15, 0.2) is 24.3 Å². The van der Waals surface area contributed by atoms with Crippen molar-refractivity contribution in [1.29, 1.82) is 0 Å². The fourth-order valence-electron chi connectivity index (χ4n) is 5.36. The molecule has 1 aromatic heterocycles. The van der Waals surface area contributed by atoms with Gasteiger partial charge in [-0.15, -0.1) is 11.3 Å². The molecular formula is C21H24N2OS. The summed E-state index contributed by atoms with van der Waals surface area (Å²) in [6, 6.07) is 9.22. The largest absolute Gasteiger partial charge is 0.346 e. The topological polar surface area (TPSA) is 32.3 Å². The van der Waals surface area contributed by atoms with Crippen molar-refractivity contribution in [3.63, 3.8) is 0 Å². The number of nitrogens with one attached hydrogen (secondary N) is 1. The van der Waals surface area contributed by atoms with Gasteiger partial charge in [-0.25, -0.2) is 0 Å². The lowest BCUT2D eigenvalue weighted by Gasteiger charge is -2.52. The number of piperidine rings is 3. The second kappa shape index (κ2) is 5.08. The van der Waals surface area contributed by atoms with Crippen LogP contribution in [0, 0.1) is 5.92 Å². The SMILES string of the molecule is O=C(N[C@H]1C2CCN(CC2)C12CC2)c1cc2ccc(C3CC3)cc2s1. The summed E-state index contributed by atoms with van der Waals surface area (Å²) in [6.45, 7) is 2.48. The normalized spacial score (nSPS) is 32.2. The lowest BCUT2D eigenvalue weighted by molar-refractivity contribution is -0.00138. The van der Waals surface area contributed by atoms with Crippen LogP contribution in [0.5, 0.6) is 0 Å². The lowest BCUT2D eigenvalue weighted by atomic mass is 9.77. The third-order valence-electron chi connectivity index (χ3n) is 7.09. The summed E-state index contributed by atoms with van der Waals surface area (Å²) >= 11 is 1.67. The molecule has 1 atom stereocenters. The predicted octanol–water partition coefficient (Wildman–Crippen LogP) is 4.14. The number of carbonyl (C=O) groups is 1. The summed E-state index contributed by atoms with van der Waals surface area (Å²) in [7, 11) is 0. The van der Waals surface area contributed by atoms with Gasteiger partial charge < -0.3 is 5.32 Å². The first-order chi connectivity index (χ1) is 12.2. The Morgan fingerprint density at radius 2 is 1.92 bits per heavy atom. The van der Waals surface area contributed by atoms with E-state index in [4.69, 9.17) is 0 Å². The van der Waals surface area contributed by atoms with E-state index in [9.17, 15) is 4.79 Å². The quantitative estimate of drug-likeness (QED) is 0.900. The molecule has 5 aliphatic rings. The van der Waals surface area contributed by atoms with E-state index in [1.165, 1.54) is 67.3 Å². The number of fused-ring (bicyclic) bond motifs is 3. The molecule has 3 nitrogen and oxygen atoms in total. The number of rotatable bonds is 3. The van der Waals surface area contributed by atoms with Crippen LogP contribution in [0.3, 0.4) is 0 Å². The summed E-state index contributed by atoms with van der Waals surface area (Å²) in [5, 5.41) is 4.68. The molecular weight excluding hydrogens is 328 g/mol. The zero-order valence-electron chi connectivity index (χ0n) is 14.5. The van der Waals surface area contributed by atoms with Gasteiger partial charge in [-0.3, -0.25) is 9.69 Å². The van der Waals surface area contributed by atoms with Crippen LogP contribution in [0.4, 0.5) is 0 Å². The molecule has 7 rings (SSSR count). The van der Waals surface area contributed by atoms with Crippen molar-refractivity contribution < 1.29 is 4.79 Å². The number of thiophene rings is 1. The highest BCUT2D eigenvalue weighted by Crippen LogP contribution is 2.53. The molecule has 4 heterocycles. The van der Waals surface area contributed by atoms with Crippen molar-refractivity contribution in [2.24, 2.45) is 5.92 Å². The number of carbonyl (C=O) groups excluding carboxylic acids is 1.